The van der Waals surface area contributed by atoms with Gasteiger partial charge in [-0.25, -0.2) is 13.4 Å². The molecular weight excluding hydrogens is 553 g/mol. The predicted molar refractivity (Wildman–Crippen MR) is 146 cm³/mol. The van der Waals surface area contributed by atoms with Crippen LogP contribution < -0.4 is 15.4 Å². The highest BCUT2D eigenvalue weighted by Crippen LogP contribution is 2.45. The van der Waals surface area contributed by atoms with Crippen LogP contribution in [0.1, 0.15) is 67.1 Å². The lowest BCUT2D eigenvalue weighted by molar-refractivity contribution is -0.138. The van der Waals surface area contributed by atoms with Crippen molar-refractivity contribution in [3.63, 3.8) is 0 Å². The van der Waals surface area contributed by atoms with Crippen molar-refractivity contribution in [2.24, 2.45) is 0 Å². The van der Waals surface area contributed by atoms with Gasteiger partial charge in [0, 0.05) is 0 Å². The second-order valence-electron chi connectivity index (χ2n) is 9.60. The number of nitrogens with zero attached hydrogens (tertiary/aromatic N) is 2. The summed E-state index contributed by atoms with van der Waals surface area (Å²) in [6.45, 7) is 3.08. The number of benzene rings is 2. The largest absolute Gasteiger partial charge is 0.495 e. The SMILES string of the molecule is [2H]C([2H])([2H])Oc1cc(C2CCCCC2)c(C(F)(F)F)cc1Nc1ncc(Cl)c(Nc2ccccc2S(=O)(=O)C(C)C)n1. The number of ether oxygens (including phenoxy) is 1. The molecule has 0 unspecified atom stereocenters. The molecule has 2 N–H and O–H groups in total. The van der Waals surface area contributed by atoms with E-state index in [9.17, 15) is 21.6 Å². The Morgan fingerprint density at radius 2 is 1.82 bits per heavy atom. The van der Waals surface area contributed by atoms with Crippen LogP contribution in [0.2, 0.25) is 5.02 Å². The Morgan fingerprint density at radius 3 is 2.49 bits per heavy atom. The molecule has 3 aromatic rings. The number of alkyl halides is 3. The maximum absolute atomic E-state index is 14.3. The second-order valence-corrected chi connectivity index (χ2v) is 12.5. The van der Waals surface area contributed by atoms with Crippen molar-refractivity contribution >= 4 is 44.6 Å². The lowest BCUT2D eigenvalue weighted by atomic mass is 9.81. The smallest absolute Gasteiger partial charge is 0.416 e. The molecule has 0 spiro atoms. The number of methoxy groups -OCH3 is 1. The van der Waals surface area contributed by atoms with Gasteiger partial charge in [0.15, 0.2) is 15.7 Å². The summed E-state index contributed by atoms with van der Waals surface area (Å²) in [6, 6.07) is 8.06. The third-order valence-corrected chi connectivity index (χ3v) is 9.16. The number of para-hydroxylation sites is 1. The van der Waals surface area contributed by atoms with Gasteiger partial charge in [-0.15, -0.1) is 0 Å². The molecular formula is C27H30ClF3N4O3S. The molecule has 210 valence electrons. The van der Waals surface area contributed by atoms with Crippen LogP contribution in [-0.4, -0.2) is 30.7 Å². The summed E-state index contributed by atoms with van der Waals surface area (Å²) in [7, 11) is -6.64. The monoisotopic (exact) mass is 585 g/mol. The summed E-state index contributed by atoms with van der Waals surface area (Å²) in [5.74, 6) is -0.980. The van der Waals surface area contributed by atoms with Gasteiger partial charge >= 0.3 is 6.18 Å². The number of hydrogen-bond donors (Lipinski definition) is 2. The van der Waals surface area contributed by atoms with E-state index in [0.29, 0.717) is 12.8 Å². The van der Waals surface area contributed by atoms with Gasteiger partial charge in [-0.05, 0) is 62.4 Å². The Balaban J connectivity index is 1.76. The average Bonchev–Trinajstić information content (AvgIpc) is 2.90. The number of hydrogen-bond acceptors (Lipinski definition) is 7. The van der Waals surface area contributed by atoms with Gasteiger partial charge in [0.1, 0.15) is 10.8 Å². The molecule has 12 heteroatoms. The molecule has 7 nitrogen and oxygen atoms in total. The highest BCUT2D eigenvalue weighted by atomic mass is 35.5. The maximum atomic E-state index is 14.3. The van der Waals surface area contributed by atoms with Crippen molar-refractivity contribution in [1.29, 1.82) is 0 Å². The van der Waals surface area contributed by atoms with E-state index in [4.69, 9.17) is 20.5 Å². The molecule has 1 aliphatic rings. The number of anilines is 4. The van der Waals surface area contributed by atoms with Crippen molar-refractivity contribution in [1.82, 2.24) is 9.97 Å². The third-order valence-electron chi connectivity index (χ3n) is 6.67. The van der Waals surface area contributed by atoms with Crippen LogP contribution in [0.25, 0.3) is 0 Å². The fraction of sp³-hybridized carbons (Fsp3) is 0.407. The lowest BCUT2D eigenvalue weighted by Gasteiger charge is -2.26. The molecule has 1 fully saturated rings. The fourth-order valence-corrected chi connectivity index (χ4v) is 5.95. The Bertz CT molecular complexity index is 1550. The summed E-state index contributed by atoms with van der Waals surface area (Å²) < 4.78 is 96.4. The molecule has 2 aromatic carbocycles. The van der Waals surface area contributed by atoms with Crippen LogP contribution in [-0.2, 0) is 16.0 Å². The van der Waals surface area contributed by atoms with Crippen LogP contribution >= 0.6 is 11.6 Å². The van der Waals surface area contributed by atoms with Gasteiger partial charge in [0.2, 0.25) is 5.95 Å². The van der Waals surface area contributed by atoms with Gasteiger partial charge in [-0.1, -0.05) is 43.0 Å². The highest BCUT2D eigenvalue weighted by molar-refractivity contribution is 7.92. The topological polar surface area (TPSA) is 93.2 Å². The molecule has 1 heterocycles. The summed E-state index contributed by atoms with van der Waals surface area (Å²) in [6.07, 6.45) is 0.0128. The number of rotatable bonds is 8. The second kappa shape index (κ2) is 11.6. The molecule has 0 saturated heterocycles. The Labute approximate surface area is 235 Å². The van der Waals surface area contributed by atoms with E-state index in [2.05, 4.69) is 20.6 Å². The first-order valence-electron chi connectivity index (χ1n) is 13.9. The van der Waals surface area contributed by atoms with Gasteiger partial charge in [0.25, 0.3) is 0 Å². The molecule has 1 aliphatic carbocycles. The minimum Gasteiger partial charge on any atom is -0.495 e. The van der Waals surface area contributed by atoms with Crippen molar-refractivity contribution in [3.05, 3.63) is 58.7 Å². The van der Waals surface area contributed by atoms with E-state index in [1.54, 1.807) is 26.0 Å². The molecule has 0 amide bonds. The zero-order valence-corrected chi connectivity index (χ0v) is 22.8. The third kappa shape index (κ3) is 6.41. The Hall–Kier alpha value is -3.05. The standard InChI is InChI=1S/C27H30ClF3N4O3S/c1-16(2)39(36,37)24-12-8-7-11-21(24)33-25-20(28)15-32-26(35-25)34-22-14-19(27(29,30)31)18(13-23(22)38-3)17-9-5-4-6-10-17/h7-8,11-17H,4-6,9-10H2,1-3H3,(H2,32,33,34,35)/i3D3. The van der Waals surface area contributed by atoms with Crippen molar-refractivity contribution in [3.8, 4) is 5.75 Å². The van der Waals surface area contributed by atoms with Crippen LogP contribution in [0.15, 0.2) is 47.5 Å². The molecule has 39 heavy (non-hydrogen) atoms. The van der Waals surface area contributed by atoms with E-state index >= 15 is 0 Å². The number of nitrogens with one attached hydrogen (secondary N) is 2. The van der Waals surface area contributed by atoms with Gasteiger partial charge in [0.05, 0.1) is 44.4 Å². The molecule has 1 saturated carbocycles. The summed E-state index contributed by atoms with van der Waals surface area (Å²) >= 11 is 6.28. The molecule has 0 atom stereocenters. The maximum Gasteiger partial charge on any atom is 0.416 e. The van der Waals surface area contributed by atoms with Crippen molar-refractivity contribution < 1.29 is 30.4 Å². The summed E-state index contributed by atoms with van der Waals surface area (Å²) in [4.78, 5) is 8.27. The van der Waals surface area contributed by atoms with Crippen molar-refractivity contribution in [2.45, 2.75) is 68.2 Å². The number of halogens is 4. The first kappa shape index (κ1) is 25.0. The van der Waals surface area contributed by atoms with E-state index in [0.717, 1.165) is 31.4 Å². The van der Waals surface area contributed by atoms with Gasteiger partial charge < -0.3 is 15.4 Å². The lowest BCUT2D eigenvalue weighted by Crippen LogP contribution is -2.16. The van der Waals surface area contributed by atoms with Crippen LogP contribution in [0.5, 0.6) is 5.75 Å². The van der Waals surface area contributed by atoms with Crippen LogP contribution in [0, 0.1) is 0 Å². The zero-order valence-electron chi connectivity index (χ0n) is 24.3. The first-order valence-corrected chi connectivity index (χ1v) is 14.3. The molecule has 0 aliphatic heterocycles. The Morgan fingerprint density at radius 1 is 1.10 bits per heavy atom. The number of sulfone groups is 1. The minimum atomic E-state index is -4.72. The molecule has 0 radical (unpaired) electrons. The first-order chi connectivity index (χ1) is 19.6. The minimum absolute atomic E-state index is 0.000102. The van der Waals surface area contributed by atoms with Crippen LogP contribution in [0.3, 0.4) is 0 Å². The normalized spacial score (nSPS) is 16.3. The van der Waals surface area contributed by atoms with E-state index < -0.39 is 39.8 Å². The van der Waals surface area contributed by atoms with Gasteiger partial charge in [-0.3, -0.25) is 0 Å². The van der Waals surface area contributed by atoms with E-state index in [1.807, 2.05) is 0 Å². The Kier molecular flexibility index (Phi) is 7.42. The van der Waals surface area contributed by atoms with Crippen LogP contribution in [0.4, 0.5) is 36.3 Å². The quantitative estimate of drug-likeness (QED) is 0.278. The molecule has 1 aromatic heterocycles. The highest BCUT2D eigenvalue weighted by Gasteiger charge is 2.37. The van der Waals surface area contributed by atoms with Crippen molar-refractivity contribution in [2.75, 3.05) is 17.7 Å². The zero-order chi connectivity index (χ0) is 30.9. The van der Waals surface area contributed by atoms with E-state index in [1.165, 1.54) is 18.3 Å². The van der Waals surface area contributed by atoms with Gasteiger partial charge in [-0.2, -0.15) is 18.2 Å². The average molecular weight is 586 g/mol. The summed E-state index contributed by atoms with van der Waals surface area (Å²) in [5.41, 5.74) is -1.06. The molecule has 0 bridgehead atoms. The molecule has 4 rings (SSSR count). The number of aromatic nitrogens is 2. The predicted octanol–water partition coefficient (Wildman–Crippen LogP) is 7.87. The van der Waals surface area contributed by atoms with E-state index in [-0.39, 0.29) is 44.4 Å². The fourth-order valence-electron chi connectivity index (χ4n) is 4.61. The summed E-state index contributed by atoms with van der Waals surface area (Å²) in [5, 5.41) is 4.79.